The van der Waals surface area contributed by atoms with Crippen LogP contribution in [0.2, 0.25) is 0 Å². The van der Waals surface area contributed by atoms with E-state index in [9.17, 15) is 14.4 Å². The quantitative estimate of drug-likeness (QED) is 0.708. The van der Waals surface area contributed by atoms with Crippen LogP contribution in [0, 0.1) is 0 Å². The van der Waals surface area contributed by atoms with E-state index in [1.807, 2.05) is 4.90 Å². The molecule has 22 heavy (non-hydrogen) atoms. The van der Waals surface area contributed by atoms with Crippen molar-refractivity contribution >= 4 is 18.2 Å². The molecule has 0 spiro atoms. The number of rotatable bonds is 5. The van der Waals surface area contributed by atoms with Gasteiger partial charge in [0.1, 0.15) is 0 Å². The summed E-state index contributed by atoms with van der Waals surface area (Å²) >= 11 is 0. The lowest BCUT2D eigenvalue weighted by Gasteiger charge is -2.35. The topological polar surface area (TPSA) is 60.9 Å². The third-order valence-electron chi connectivity index (χ3n) is 4.80. The average molecular weight is 309 g/mol. The van der Waals surface area contributed by atoms with Gasteiger partial charge in [-0.15, -0.1) is 0 Å². The predicted molar refractivity (Wildman–Crippen MR) is 83.1 cm³/mol. The zero-order valence-electron chi connectivity index (χ0n) is 13.5. The van der Waals surface area contributed by atoms with Crippen LogP contribution in [-0.4, -0.2) is 71.7 Å². The van der Waals surface area contributed by atoms with Crippen LogP contribution in [0.15, 0.2) is 0 Å². The number of carbonyl (C=O) groups is 3. The van der Waals surface area contributed by atoms with Crippen molar-refractivity contribution in [3.05, 3.63) is 0 Å². The molecule has 0 bridgehead atoms. The van der Waals surface area contributed by atoms with Crippen LogP contribution in [0.5, 0.6) is 0 Å². The van der Waals surface area contributed by atoms with E-state index in [1.165, 1.54) is 19.3 Å². The number of amides is 3. The molecule has 0 N–H and O–H groups in total. The Morgan fingerprint density at radius 1 is 1.09 bits per heavy atom. The molecule has 1 heterocycles. The van der Waals surface area contributed by atoms with Gasteiger partial charge in [-0.05, 0) is 12.8 Å². The van der Waals surface area contributed by atoms with Crippen molar-refractivity contribution in [2.24, 2.45) is 0 Å². The first-order chi connectivity index (χ1) is 10.6. The van der Waals surface area contributed by atoms with Gasteiger partial charge in [0.05, 0.1) is 0 Å². The Morgan fingerprint density at radius 2 is 1.73 bits per heavy atom. The third-order valence-corrected chi connectivity index (χ3v) is 4.80. The molecule has 3 amide bonds. The van der Waals surface area contributed by atoms with Gasteiger partial charge in [0.15, 0.2) is 0 Å². The maximum atomic E-state index is 12.3. The monoisotopic (exact) mass is 309 g/mol. The minimum atomic E-state index is 0.0745. The smallest absolute Gasteiger partial charge is 0.224 e. The van der Waals surface area contributed by atoms with E-state index in [-0.39, 0.29) is 11.8 Å². The molecular weight excluding hydrogens is 282 g/mol. The molecule has 1 aliphatic carbocycles. The molecule has 0 aromatic rings. The molecule has 1 aliphatic heterocycles. The molecular formula is C16H27N3O3. The maximum absolute atomic E-state index is 12.3. The van der Waals surface area contributed by atoms with E-state index in [0.29, 0.717) is 45.2 Å². The van der Waals surface area contributed by atoms with Gasteiger partial charge in [-0.2, -0.15) is 0 Å². The normalized spacial score (nSPS) is 19.9. The molecule has 0 aromatic carbocycles. The summed E-state index contributed by atoms with van der Waals surface area (Å²) < 4.78 is 0. The van der Waals surface area contributed by atoms with Gasteiger partial charge in [0, 0.05) is 52.1 Å². The Bertz CT molecular complexity index is 399. The van der Waals surface area contributed by atoms with Crippen molar-refractivity contribution in [1.29, 1.82) is 0 Å². The number of hydrogen-bond donors (Lipinski definition) is 0. The standard InChI is InChI=1S/C16H27N3O3/c1-14(21)19(15-5-3-2-4-6-15)8-7-16(22)18-11-9-17(13-20)10-12-18/h13,15H,2-12H2,1H3. The Kier molecular flexibility index (Phi) is 6.21. The van der Waals surface area contributed by atoms with Gasteiger partial charge in [0.25, 0.3) is 0 Å². The molecule has 124 valence electrons. The largest absolute Gasteiger partial charge is 0.342 e. The molecule has 2 rings (SSSR count). The molecule has 0 radical (unpaired) electrons. The summed E-state index contributed by atoms with van der Waals surface area (Å²) in [6.45, 7) is 4.53. The Morgan fingerprint density at radius 3 is 2.27 bits per heavy atom. The molecule has 0 aromatic heterocycles. The van der Waals surface area contributed by atoms with Gasteiger partial charge >= 0.3 is 0 Å². The fourth-order valence-electron chi connectivity index (χ4n) is 3.44. The zero-order chi connectivity index (χ0) is 15.9. The highest BCUT2D eigenvalue weighted by Gasteiger charge is 2.25. The van der Waals surface area contributed by atoms with Crippen molar-refractivity contribution in [3.63, 3.8) is 0 Å². The summed E-state index contributed by atoms with van der Waals surface area (Å²) in [5, 5.41) is 0. The lowest BCUT2D eigenvalue weighted by molar-refractivity contribution is -0.137. The second-order valence-electron chi connectivity index (χ2n) is 6.28. The van der Waals surface area contributed by atoms with Gasteiger partial charge in [0.2, 0.25) is 18.2 Å². The average Bonchev–Trinajstić information content (AvgIpc) is 2.55. The summed E-state index contributed by atoms with van der Waals surface area (Å²) in [7, 11) is 0. The Hall–Kier alpha value is -1.59. The van der Waals surface area contributed by atoms with Crippen LogP contribution in [0.1, 0.15) is 45.4 Å². The third kappa shape index (κ3) is 4.45. The lowest BCUT2D eigenvalue weighted by atomic mass is 9.94. The van der Waals surface area contributed by atoms with E-state index in [0.717, 1.165) is 19.3 Å². The van der Waals surface area contributed by atoms with E-state index in [4.69, 9.17) is 0 Å². The summed E-state index contributed by atoms with van der Waals surface area (Å²) in [4.78, 5) is 40.2. The fourth-order valence-corrected chi connectivity index (χ4v) is 3.44. The second-order valence-corrected chi connectivity index (χ2v) is 6.28. The number of piperazine rings is 1. The number of nitrogens with zero attached hydrogens (tertiary/aromatic N) is 3. The minimum absolute atomic E-state index is 0.0745. The van der Waals surface area contributed by atoms with Gasteiger partial charge < -0.3 is 14.7 Å². The molecule has 6 heteroatoms. The first kappa shape index (κ1) is 16.8. The van der Waals surface area contributed by atoms with Crippen molar-refractivity contribution in [2.75, 3.05) is 32.7 Å². The first-order valence-electron chi connectivity index (χ1n) is 8.36. The van der Waals surface area contributed by atoms with Crippen LogP contribution >= 0.6 is 0 Å². The molecule has 0 unspecified atom stereocenters. The SMILES string of the molecule is CC(=O)N(CCC(=O)N1CCN(C=O)CC1)C1CCCCC1. The van der Waals surface area contributed by atoms with Gasteiger partial charge in [-0.3, -0.25) is 14.4 Å². The van der Waals surface area contributed by atoms with Crippen LogP contribution in [-0.2, 0) is 14.4 Å². The molecule has 2 aliphatic rings. The Balaban J connectivity index is 1.80. The predicted octanol–water partition coefficient (Wildman–Crippen LogP) is 0.858. The minimum Gasteiger partial charge on any atom is -0.342 e. The van der Waals surface area contributed by atoms with Crippen LogP contribution in [0.4, 0.5) is 0 Å². The van der Waals surface area contributed by atoms with E-state index in [2.05, 4.69) is 0 Å². The highest BCUT2D eigenvalue weighted by Crippen LogP contribution is 2.23. The van der Waals surface area contributed by atoms with Crippen LogP contribution in [0.3, 0.4) is 0 Å². The van der Waals surface area contributed by atoms with Crippen LogP contribution in [0.25, 0.3) is 0 Å². The first-order valence-corrected chi connectivity index (χ1v) is 8.36. The molecule has 6 nitrogen and oxygen atoms in total. The second kappa shape index (κ2) is 8.15. The zero-order valence-corrected chi connectivity index (χ0v) is 13.5. The fraction of sp³-hybridized carbons (Fsp3) is 0.812. The summed E-state index contributed by atoms with van der Waals surface area (Å²) in [6, 6.07) is 0.311. The van der Waals surface area contributed by atoms with Crippen molar-refractivity contribution in [2.45, 2.75) is 51.5 Å². The Labute approximate surface area is 132 Å². The highest BCUT2D eigenvalue weighted by molar-refractivity contribution is 5.78. The van der Waals surface area contributed by atoms with Crippen LogP contribution < -0.4 is 0 Å². The highest BCUT2D eigenvalue weighted by atomic mass is 16.2. The number of hydrogen-bond acceptors (Lipinski definition) is 3. The van der Waals surface area contributed by atoms with Crippen molar-refractivity contribution in [1.82, 2.24) is 14.7 Å². The molecule has 1 saturated heterocycles. The number of carbonyl (C=O) groups excluding carboxylic acids is 3. The van der Waals surface area contributed by atoms with E-state index < -0.39 is 0 Å². The van der Waals surface area contributed by atoms with E-state index in [1.54, 1.807) is 16.7 Å². The van der Waals surface area contributed by atoms with Crippen molar-refractivity contribution in [3.8, 4) is 0 Å². The molecule has 1 saturated carbocycles. The summed E-state index contributed by atoms with van der Waals surface area (Å²) in [5.41, 5.74) is 0. The summed E-state index contributed by atoms with van der Waals surface area (Å²) in [6.07, 6.45) is 6.95. The lowest BCUT2D eigenvalue weighted by Crippen LogP contribution is -2.49. The molecule has 0 atom stereocenters. The molecule has 2 fully saturated rings. The van der Waals surface area contributed by atoms with Crippen molar-refractivity contribution < 1.29 is 14.4 Å². The van der Waals surface area contributed by atoms with Gasteiger partial charge in [-0.1, -0.05) is 19.3 Å². The maximum Gasteiger partial charge on any atom is 0.224 e. The van der Waals surface area contributed by atoms with Gasteiger partial charge in [-0.25, -0.2) is 0 Å². The summed E-state index contributed by atoms with van der Waals surface area (Å²) in [5.74, 6) is 0.165. The van der Waals surface area contributed by atoms with E-state index >= 15 is 0 Å².